The molecule has 0 radical (unpaired) electrons. The average molecular weight is 390 g/mol. The van der Waals surface area contributed by atoms with Crippen molar-refractivity contribution in [1.29, 1.82) is 0 Å². The molecule has 0 aliphatic carbocycles. The minimum absolute atomic E-state index is 0.133. The highest BCUT2D eigenvalue weighted by molar-refractivity contribution is 9.10. The fourth-order valence-corrected chi connectivity index (χ4v) is 4.03. The molecule has 0 atom stereocenters. The molecule has 7 heteroatoms. The predicted octanol–water partition coefficient (Wildman–Crippen LogP) is 3.19. The Bertz CT molecular complexity index is 1070. The average Bonchev–Trinajstić information content (AvgIpc) is 3.20. The number of aromatic nitrogens is 3. The van der Waals surface area contributed by atoms with E-state index in [0.717, 1.165) is 14.9 Å². The third-order valence-electron chi connectivity index (χ3n) is 3.12. The second-order valence-electron chi connectivity index (χ2n) is 4.54. The summed E-state index contributed by atoms with van der Waals surface area (Å²) >= 11 is 6.40. The summed E-state index contributed by atoms with van der Waals surface area (Å²) in [4.78, 5) is 18.5. The van der Waals surface area contributed by atoms with E-state index in [1.807, 2.05) is 47.9 Å². The van der Waals surface area contributed by atoms with Gasteiger partial charge in [-0.25, -0.2) is 0 Å². The lowest BCUT2D eigenvalue weighted by Gasteiger charge is -1.94. The summed E-state index contributed by atoms with van der Waals surface area (Å²) in [5.74, 6) is 0.603. The van der Waals surface area contributed by atoms with Gasteiger partial charge >= 0.3 is 0 Å². The summed E-state index contributed by atoms with van der Waals surface area (Å²) in [6, 6.07) is 11.7. The van der Waals surface area contributed by atoms with Gasteiger partial charge in [0.1, 0.15) is 0 Å². The molecule has 0 fully saturated rings. The number of hydrogen-bond acceptors (Lipinski definition) is 5. The van der Waals surface area contributed by atoms with Crippen LogP contribution < -0.4 is 10.1 Å². The van der Waals surface area contributed by atoms with Crippen LogP contribution in [0.4, 0.5) is 0 Å². The van der Waals surface area contributed by atoms with Crippen LogP contribution in [0.15, 0.2) is 51.0 Å². The highest BCUT2D eigenvalue weighted by Gasteiger charge is 2.12. The Kier molecular flexibility index (Phi) is 3.40. The van der Waals surface area contributed by atoms with Gasteiger partial charge in [-0.05, 0) is 29.2 Å². The highest BCUT2D eigenvalue weighted by Crippen LogP contribution is 2.21. The molecule has 0 N–H and O–H groups in total. The Labute approximate surface area is 141 Å². The van der Waals surface area contributed by atoms with Crippen LogP contribution in [0.2, 0.25) is 0 Å². The molecule has 0 saturated heterocycles. The lowest BCUT2D eigenvalue weighted by atomic mass is 10.2. The Morgan fingerprint density at radius 1 is 1.18 bits per heavy atom. The Balaban J connectivity index is 1.88. The number of thiazole rings is 1. The van der Waals surface area contributed by atoms with Crippen LogP contribution in [0, 0.1) is 0 Å². The summed E-state index contributed by atoms with van der Waals surface area (Å²) in [6.07, 6.45) is 1.86. The van der Waals surface area contributed by atoms with E-state index in [1.54, 1.807) is 11.3 Å². The van der Waals surface area contributed by atoms with E-state index in [2.05, 4.69) is 26.0 Å². The molecular formula is C15H8BrN3OS2. The normalized spacial score (nSPS) is 12.3. The van der Waals surface area contributed by atoms with E-state index < -0.39 is 0 Å². The zero-order valence-electron chi connectivity index (χ0n) is 11.1. The lowest BCUT2D eigenvalue weighted by Crippen LogP contribution is -2.23. The van der Waals surface area contributed by atoms with Crippen LogP contribution >= 0.6 is 38.6 Å². The van der Waals surface area contributed by atoms with E-state index in [1.165, 1.54) is 15.9 Å². The fourth-order valence-electron chi connectivity index (χ4n) is 2.08. The number of fused-ring (bicyclic) bond motifs is 1. The molecule has 3 heterocycles. The van der Waals surface area contributed by atoms with Crippen LogP contribution in [0.25, 0.3) is 21.7 Å². The second-order valence-corrected chi connectivity index (χ2v) is 7.36. The fraction of sp³-hybridized carbons (Fsp3) is 0. The molecular weight excluding hydrogens is 382 g/mol. The molecule has 3 aromatic heterocycles. The molecule has 4 rings (SSSR count). The van der Waals surface area contributed by atoms with Crippen LogP contribution in [0.1, 0.15) is 5.56 Å². The summed E-state index contributed by atoms with van der Waals surface area (Å²) < 4.78 is 2.95. The molecule has 0 amide bonds. The van der Waals surface area contributed by atoms with Crippen LogP contribution in [-0.2, 0) is 0 Å². The van der Waals surface area contributed by atoms with Gasteiger partial charge in [0.05, 0.1) is 9.41 Å². The first-order valence-corrected chi connectivity index (χ1v) is 8.91. The molecule has 0 saturated carbocycles. The molecule has 0 aliphatic rings. The third kappa shape index (κ3) is 2.31. The van der Waals surface area contributed by atoms with Gasteiger partial charge in [-0.3, -0.25) is 4.79 Å². The van der Waals surface area contributed by atoms with Crippen molar-refractivity contribution in [3.8, 4) is 10.7 Å². The molecule has 0 unspecified atom stereocenters. The van der Waals surface area contributed by atoms with Crippen molar-refractivity contribution in [2.75, 3.05) is 0 Å². The van der Waals surface area contributed by atoms with Crippen LogP contribution in [-0.4, -0.2) is 14.6 Å². The van der Waals surface area contributed by atoms with Gasteiger partial charge in [-0.15, -0.1) is 16.4 Å². The van der Waals surface area contributed by atoms with Gasteiger partial charge in [0.15, 0.2) is 5.82 Å². The van der Waals surface area contributed by atoms with E-state index in [-0.39, 0.29) is 5.56 Å². The van der Waals surface area contributed by atoms with Gasteiger partial charge in [-0.1, -0.05) is 51.5 Å². The lowest BCUT2D eigenvalue weighted by molar-refractivity contribution is 0.938. The molecule has 0 spiro atoms. The van der Waals surface area contributed by atoms with E-state index in [0.29, 0.717) is 15.3 Å². The standard InChI is InChI=1S/C15H8BrN3OS2/c16-10-5-2-1-4-9(10)8-12-14(20)19-15(22-12)17-13(18-19)11-6-3-7-21-11/h1-8H/b12-8+. The molecule has 4 aromatic rings. The van der Waals surface area contributed by atoms with Crippen molar-refractivity contribution in [2.24, 2.45) is 0 Å². The van der Waals surface area contributed by atoms with E-state index in [9.17, 15) is 4.79 Å². The summed E-state index contributed by atoms with van der Waals surface area (Å²) in [5, 5.41) is 6.29. The van der Waals surface area contributed by atoms with Gasteiger partial charge in [0.25, 0.3) is 5.56 Å². The molecule has 108 valence electrons. The summed E-state index contributed by atoms with van der Waals surface area (Å²) in [6.45, 7) is 0. The minimum Gasteiger partial charge on any atom is -0.266 e. The molecule has 0 bridgehead atoms. The smallest absolute Gasteiger partial charge is 0.266 e. The third-order valence-corrected chi connectivity index (χ3v) is 5.66. The maximum absolute atomic E-state index is 12.5. The molecule has 4 nitrogen and oxygen atoms in total. The highest BCUT2D eigenvalue weighted by atomic mass is 79.9. The first-order chi connectivity index (χ1) is 10.7. The number of halogens is 1. The number of benzene rings is 1. The van der Waals surface area contributed by atoms with Crippen LogP contribution in [0.3, 0.4) is 0 Å². The number of rotatable bonds is 2. The van der Waals surface area contributed by atoms with E-state index >= 15 is 0 Å². The maximum atomic E-state index is 12.5. The molecule has 1 aromatic carbocycles. The summed E-state index contributed by atoms with van der Waals surface area (Å²) in [5.41, 5.74) is 0.827. The van der Waals surface area contributed by atoms with Crippen molar-refractivity contribution in [2.45, 2.75) is 0 Å². The van der Waals surface area contributed by atoms with Gasteiger partial charge in [0, 0.05) is 4.47 Å². The van der Waals surface area contributed by atoms with Gasteiger partial charge in [-0.2, -0.15) is 9.50 Å². The number of thiophene rings is 1. The second kappa shape index (κ2) is 5.42. The zero-order chi connectivity index (χ0) is 15.1. The topological polar surface area (TPSA) is 47.3 Å². The quantitative estimate of drug-likeness (QED) is 0.528. The minimum atomic E-state index is -0.133. The van der Waals surface area contributed by atoms with E-state index in [4.69, 9.17) is 0 Å². The van der Waals surface area contributed by atoms with Gasteiger partial charge < -0.3 is 0 Å². The van der Waals surface area contributed by atoms with Crippen LogP contribution in [0.5, 0.6) is 0 Å². The first kappa shape index (κ1) is 13.8. The predicted molar refractivity (Wildman–Crippen MR) is 93.4 cm³/mol. The summed E-state index contributed by atoms with van der Waals surface area (Å²) in [7, 11) is 0. The SMILES string of the molecule is O=c1/c(=C\c2ccccc2Br)sc2nc(-c3cccs3)nn12. The van der Waals surface area contributed by atoms with Crippen molar-refractivity contribution < 1.29 is 0 Å². The first-order valence-electron chi connectivity index (χ1n) is 6.42. The Hall–Kier alpha value is -1.83. The van der Waals surface area contributed by atoms with Crippen molar-refractivity contribution in [3.63, 3.8) is 0 Å². The number of hydrogen-bond donors (Lipinski definition) is 0. The monoisotopic (exact) mass is 389 g/mol. The Morgan fingerprint density at radius 2 is 2.05 bits per heavy atom. The molecule has 0 aliphatic heterocycles. The van der Waals surface area contributed by atoms with Crippen molar-refractivity contribution in [3.05, 3.63) is 66.7 Å². The Morgan fingerprint density at radius 3 is 2.77 bits per heavy atom. The largest absolute Gasteiger partial charge is 0.291 e. The van der Waals surface area contributed by atoms with Gasteiger partial charge in [0.2, 0.25) is 4.96 Å². The van der Waals surface area contributed by atoms with Crippen molar-refractivity contribution in [1.82, 2.24) is 14.6 Å². The van der Waals surface area contributed by atoms with Crippen molar-refractivity contribution >= 4 is 49.6 Å². The number of nitrogens with zero attached hydrogens (tertiary/aromatic N) is 3. The zero-order valence-corrected chi connectivity index (χ0v) is 14.3. The maximum Gasteiger partial charge on any atom is 0.291 e. The molecule has 22 heavy (non-hydrogen) atoms.